The molecule has 104 valence electrons. The van der Waals surface area contributed by atoms with Crippen LogP contribution >= 0.6 is 0 Å². The first-order valence-corrected chi connectivity index (χ1v) is 6.64. The van der Waals surface area contributed by atoms with Gasteiger partial charge in [0.1, 0.15) is 6.04 Å². The molecule has 1 atom stereocenters. The summed E-state index contributed by atoms with van der Waals surface area (Å²) in [6.45, 7) is 5.35. The van der Waals surface area contributed by atoms with Gasteiger partial charge in [-0.1, -0.05) is 6.07 Å². The molecule has 0 bridgehead atoms. The van der Waals surface area contributed by atoms with Gasteiger partial charge in [-0.15, -0.1) is 0 Å². The van der Waals surface area contributed by atoms with Gasteiger partial charge in [-0.05, 0) is 18.1 Å². The Hall–Kier alpha value is -1.46. The van der Waals surface area contributed by atoms with Crippen molar-refractivity contribution < 1.29 is 4.79 Å². The number of hydrogen-bond donors (Lipinski definition) is 1. The number of amides is 1. The maximum atomic E-state index is 12.2. The fourth-order valence-corrected chi connectivity index (χ4v) is 2.42. The first-order chi connectivity index (χ1) is 9.08. The Balaban J connectivity index is 2.09. The number of hydrogen-bond acceptors (Lipinski definition) is 4. The first-order valence-electron chi connectivity index (χ1n) is 6.64. The fourth-order valence-electron chi connectivity index (χ4n) is 2.42. The van der Waals surface area contributed by atoms with Crippen LogP contribution in [0.5, 0.6) is 0 Å². The summed E-state index contributed by atoms with van der Waals surface area (Å²) in [6, 6.07) is 2.05. The van der Waals surface area contributed by atoms with Gasteiger partial charge in [-0.3, -0.25) is 14.7 Å². The van der Waals surface area contributed by atoms with Crippen LogP contribution in [0.3, 0.4) is 0 Å². The summed E-state index contributed by atoms with van der Waals surface area (Å²) in [5.74, 6) is 0.160. The van der Waals surface area contributed by atoms with E-state index in [0.717, 1.165) is 31.7 Å². The second kappa shape index (κ2) is 6.12. The van der Waals surface area contributed by atoms with Gasteiger partial charge in [0, 0.05) is 52.7 Å². The molecule has 1 aliphatic rings. The number of carbonyl (C=O) groups is 1. The lowest BCUT2D eigenvalue weighted by Crippen LogP contribution is -2.57. The predicted octanol–water partition coefficient (Wildman–Crippen LogP) is 0.252. The Morgan fingerprint density at radius 3 is 3.00 bits per heavy atom. The van der Waals surface area contributed by atoms with Gasteiger partial charge in [0.25, 0.3) is 0 Å². The van der Waals surface area contributed by atoms with Gasteiger partial charge in [-0.2, -0.15) is 0 Å². The van der Waals surface area contributed by atoms with Crippen LogP contribution in [0.1, 0.15) is 11.1 Å². The summed E-state index contributed by atoms with van der Waals surface area (Å²) in [6.07, 6.45) is 3.73. The van der Waals surface area contributed by atoms with Crippen LogP contribution in [-0.4, -0.2) is 60.5 Å². The molecule has 0 radical (unpaired) electrons. The number of nitrogens with one attached hydrogen (secondary N) is 1. The Morgan fingerprint density at radius 1 is 1.53 bits per heavy atom. The molecule has 1 fully saturated rings. The van der Waals surface area contributed by atoms with Gasteiger partial charge in [0.2, 0.25) is 5.91 Å². The van der Waals surface area contributed by atoms with Crippen molar-refractivity contribution >= 4 is 5.91 Å². The second-order valence-corrected chi connectivity index (χ2v) is 5.29. The van der Waals surface area contributed by atoms with Crippen molar-refractivity contribution in [3.8, 4) is 0 Å². The zero-order valence-corrected chi connectivity index (χ0v) is 11.9. The number of pyridine rings is 1. The van der Waals surface area contributed by atoms with Gasteiger partial charge in [0.05, 0.1) is 0 Å². The molecule has 0 saturated carbocycles. The number of piperazine rings is 1. The average molecular weight is 262 g/mol. The molecule has 0 spiro atoms. The second-order valence-electron chi connectivity index (χ2n) is 5.29. The SMILES string of the molecule is Cc1cncc(CN2CCNCC2C(=O)N(C)C)c1. The molecule has 5 nitrogen and oxygen atoms in total. The van der Waals surface area contributed by atoms with Crippen LogP contribution in [0.15, 0.2) is 18.5 Å². The van der Waals surface area contributed by atoms with Crippen LogP contribution in [0.2, 0.25) is 0 Å². The molecule has 1 saturated heterocycles. The lowest BCUT2D eigenvalue weighted by Gasteiger charge is -2.36. The molecule has 1 amide bonds. The third-order valence-electron chi connectivity index (χ3n) is 3.40. The number of nitrogens with zero attached hydrogens (tertiary/aromatic N) is 3. The van der Waals surface area contributed by atoms with Crippen LogP contribution < -0.4 is 5.32 Å². The van der Waals surface area contributed by atoms with Crippen LogP contribution in [-0.2, 0) is 11.3 Å². The Kier molecular flexibility index (Phi) is 4.50. The topological polar surface area (TPSA) is 48.5 Å². The minimum Gasteiger partial charge on any atom is -0.347 e. The van der Waals surface area contributed by atoms with E-state index in [-0.39, 0.29) is 11.9 Å². The molecule has 1 aliphatic heterocycles. The standard InChI is InChI=1S/C14H22N4O/c1-11-6-12(8-16-7-11)10-18-5-4-15-9-13(18)14(19)17(2)3/h6-8,13,15H,4-5,9-10H2,1-3H3. The van der Waals surface area contributed by atoms with Crippen molar-refractivity contribution in [2.45, 2.75) is 19.5 Å². The predicted molar refractivity (Wildman–Crippen MR) is 74.7 cm³/mol. The van der Waals surface area contributed by atoms with Gasteiger partial charge < -0.3 is 10.2 Å². The largest absolute Gasteiger partial charge is 0.347 e. The van der Waals surface area contributed by atoms with Gasteiger partial charge in [-0.25, -0.2) is 0 Å². The highest BCUT2D eigenvalue weighted by molar-refractivity contribution is 5.81. The number of carbonyl (C=O) groups excluding carboxylic acids is 1. The molecule has 2 heterocycles. The van der Waals surface area contributed by atoms with E-state index >= 15 is 0 Å². The minimum atomic E-state index is -0.0794. The van der Waals surface area contributed by atoms with Crippen LogP contribution in [0.25, 0.3) is 0 Å². The van der Waals surface area contributed by atoms with E-state index < -0.39 is 0 Å². The van der Waals surface area contributed by atoms with E-state index in [1.54, 1.807) is 4.90 Å². The molecular weight excluding hydrogens is 240 g/mol. The van der Waals surface area contributed by atoms with Crippen molar-refractivity contribution in [3.05, 3.63) is 29.6 Å². The summed E-state index contributed by atoms with van der Waals surface area (Å²) in [7, 11) is 3.62. The van der Waals surface area contributed by atoms with Crippen molar-refractivity contribution in [3.63, 3.8) is 0 Å². The van der Waals surface area contributed by atoms with E-state index in [1.807, 2.05) is 33.4 Å². The third kappa shape index (κ3) is 3.52. The molecule has 5 heteroatoms. The highest BCUT2D eigenvalue weighted by Gasteiger charge is 2.29. The highest BCUT2D eigenvalue weighted by Crippen LogP contribution is 2.12. The van der Waals surface area contributed by atoms with Crippen molar-refractivity contribution in [1.82, 2.24) is 20.1 Å². The summed E-state index contributed by atoms with van der Waals surface area (Å²) in [5.41, 5.74) is 2.32. The van der Waals surface area contributed by atoms with E-state index in [4.69, 9.17) is 0 Å². The molecular formula is C14H22N4O. The van der Waals surface area contributed by atoms with Crippen LogP contribution in [0, 0.1) is 6.92 Å². The zero-order chi connectivity index (χ0) is 13.8. The molecule has 0 aromatic carbocycles. The van der Waals surface area contributed by atoms with Gasteiger partial charge in [0.15, 0.2) is 0 Å². The highest BCUT2D eigenvalue weighted by atomic mass is 16.2. The third-order valence-corrected chi connectivity index (χ3v) is 3.40. The first kappa shape index (κ1) is 14.0. The van der Waals surface area contributed by atoms with E-state index in [2.05, 4.69) is 21.3 Å². The monoisotopic (exact) mass is 262 g/mol. The maximum Gasteiger partial charge on any atom is 0.240 e. The molecule has 2 rings (SSSR count). The summed E-state index contributed by atoms with van der Waals surface area (Å²) < 4.78 is 0. The lowest BCUT2D eigenvalue weighted by atomic mass is 10.1. The number of likely N-dealkylation sites (N-methyl/N-ethyl adjacent to an activating group) is 1. The quantitative estimate of drug-likeness (QED) is 0.848. The maximum absolute atomic E-state index is 12.2. The Labute approximate surface area is 114 Å². The molecule has 19 heavy (non-hydrogen) atoms. The van der Waals surface area contributed by atoms with E-state index in [0.29, 0.717) is 0 Å². The normalized spacial score (nSPS) is 20.3. The molecule has 1 aromatic heterocycles. The van der Waals surface area contributed by atoms with Gasteiger partial charge >= 0.3 is 0 Å². The number of rotatable bonds is 3. The van der Waals surface area contributed by atoms with E-state index in [9.17, 15) is 4.79 Å². The molecule has 1 unspecified atom stereocenters. The minimum absolute atomic E-state index is 0.0794. The zero-order valence-electron chi connectivity index (χ0n) is 11.9. The fraction of sp³-hybridized carbons (Fsp3) is 0.571. The number of aromatic nitrogens is 1. The smallest absolute Gasteiger partial charge is 0.240 e. The molecule has 1 N–H and O–H groups in total. The van der Waals surface area contributed by atoms with E-state index in [1.165, 1.54) is 5.56 Å². The molecule has 0 aliphatic carbocycles. The lowest BCUT2D eigenvalue weighted by molar-refractivity contribution is -0.135. The summed E-state index contributed by atoms with van der Waals surface area (Å²) >= 11 is 0. The summed E-state index contributed by atoms with van der Waals surface area (Å²) in [5, 5.41) is 3.29. The molecule has 1 aromatic rings. The van der Waals surface area contributed by atoms with Crippen molar-refractivity contribution in [2.75, 3.05) is 33.7 Å². The Bertz CT molecular complexity index is 447. The average Bonchev–Trinajstić information content (AvgIpc) is 2.38. The number of aryl methyl sites for hydroxylation is 1. The van der Waals surface area contributed by atoms with Crippen LogP contribution in [0.4, 0.5) is 0 Å². The van der Waals surface area contributed by atoms with Crippen molar-refractivity contribution in [1.29, 1.82) is 0 Å². The summed E-state index contributed by atoms with van der Waals surface area (Å²) in [4.78, 5) is 20.3. The van der Waals surface area contributed by atoms with Crippen molar-refractivity contribution in [2.24, 2.45) is 0 Å². The Morgan fingerprint density at radius 2 is 2.32 bits per heavy atom.